The number of rotatable bonds is 3. The first kappa shape index (κ1) is 15.4. The Kier molecular flexibility index (Phi) is 3.98. The number of benzene rings is 1. The summed E-state index contributed by atoms with van der Waals surface area (Å²) in [6.07, 6.45) is 2.67. The topological polar surface area (TPSA) is 64.0 Å². The van der Waals surface area contributed by atoms with Gasteiger partial charge in [0.15, 0.2) is 0 Å². The van der Waals surface area contributed by atoms with Crippen LogP contribution in [0.2, 0.25) is 0 Å². The number of carbonyl (C=O) groups is 1. The molecule has 0 fully saturated rings. The van der Waals surface area contributed by atoms with Crippen molar-refractivity contribution in [2.24, 2.45) is 0 Å². The Morgan fingerprint density at radius 2 is 2.13 bits per heavy atom. The van der Waals surface area contributed by atoms with E-state index in [4.69, 9.17) is 0 Å². The monoisotopic (exact) mass is 315 g/mol. The Hall–Kier alpha value is -2.50. The van der Waals surface area contributed by atoms with E-state index < -0.39 is 17.8 Å². The number of fused-ring (bicyclic) bond motifs is 1. The smallest absolute Gasteiger partial charge is 0.267 e. The van der Waals surface area contributed by atoms with Crippen LogP contribution < -0.4 is 10.9 Å². The highest BCUT2D eigenvalue weighted by molar-refractivity contribution is 5.94. The number of nitrogens with one attached hydrogen (secondary N) is 1. The third kappa shape index (κ3) is 3.02. The van der Waals surface area contributed by atoms with E-state index in [2.05, 4.69) is 10.4 Å². The maximum absolute atomic E-state index is 13.3. The molecule has 3 rings (SSSR count). The highest BCUT2D eigenvalue weighted by Crippen LogP contribution is 2.20. The first-order valence-corrected chi connectivity index (χ1v) is 7.64. The summed E-state index contributed by atoms with van der Waals surface area (Å²) in [6.45, 7) is 3.39. The lowest BCUT2D eigenvalue weighted by molar-refractivity contribution is -0.119. The molecule has 0 spiro atoms. The number of amides is 1. The summed E-state index contributed by atoms with van der Waals surface area (Å²) in [6, 6.07) is 4.98. The number of anilines is 1. The van der Waals surface area contributed by atoms with Gasteiger partial charge in [0.2, 0.25) is 5.91 Å². The fourth-order valence-electron chi connectivity index (χ4n) is 2.77. The molecule has 0 unspecified atom stereocenters. The van der Waals surface area contributed by atoms with Gasteiger partial charge in [-0.05, 0) is 56.4 Å². The van der Waals surface area contributed by atoms with E-state index in [0.29, 0.717) is 5.69 Å². The van der Waals surface area contributed by atoms with Gasteiger partial charge >= 0.3 is 0 Å². The molecule has 23 heavy (non-hydrogen) atoms. The van der Waals surface area contributed by atoms with Gasteiger partial charge in [-0.25, -0.2) is 9.07 Å². The summed E-state index contributed by atoms with van der Waals surface area (Å²) in [4.78, 5) is 24.6. The first-order valence-electron chi connectivity index (χ1n) is 7.64. The van der Waals surface area contributed by atoms with Crippen LogP contribution in [-0.4, -0.2) is 15.7 Å². The fraction of sp³-hybridized carbons (Fsp3) is 0.353. The Morgan fingerprint density at radius 1 is 1.35 bits per heavy atom. The van der Waals surface area contributed by atoms with E-state index in [1.807, 2.05) is 0 Å². The van der Waals surface area contributed by atoms with E-state index in [-0.39, 0.29) is 5.56 Å². The minimum absolute atomic E-state index is 0.288. The van der Waals surface area contributed by atoms with Gasteiger partial charge in [-0.2, -0.15) is 5.10 Å². The lowest BCUT2D eigenvalue weighted by Gasteiger charge is -2.16. The van der Waals surface area contributed by atoms with Gasteiger partial charge in [0.1, 0.15) is 11.9 Å². The van der Waals surface area contributed by atoms with Gasteiger partial charge in [0.05, 0.1) is 5.69 Å². The highest BCUT2D eigenvalue weighted by atomic mass is 19.1. The SMILES string of the molecule is Cc1ccc(F)cc1NC(=O)[C@H](C)n1nc2c(cc1=O)CCC2. The van der Waals surface area contributed by atoms with Crippen molar-refractivity contribution in [2.45, 2.75) is 39.2 Å². The van der Waals surface area contributed by atoms with Crippen molar-refractivity contribution in [1.29, 1.82) is 0 Å². The van der Waals surface area contributed by atoms with E-state index >= 15 is 0 Å². The van der Waals surface area contributed by atoms with Gasteiger partial charge < -0.3 is 5.32 Å². The zero-order valence-electron chi connectivity index (χ0n) is 13.1. The fourth-order valence-corrected chi connectivity index (χ4v) is 2.77. The molecule has 1 atom stereocenters. The molecule has 6 heteroatoms. The third-order valence-electron chi connectivity index (χ3n) is 4.19. The van der Waals surface area contributed by atoms with Crippen LogP contribution in [0.25, 0.3) is 0 Å². The van der Waals surface area contributed by atoms with Crippen LogP contribution in [0.1, 0.15) is 36.2 Å². The Balaban J connectivity index is 1.85. The predicted molar refractivity (Wildman–Crippen MR) is 85.0 cm³/mol. The number of halogens is 1. The molecule has 0 saturated carbocycles. The van der Waals surface area contributed by atoms with E-state index in [1.165, 1.54) is 16.8 Å². The van der Waals surface area contributed by atoms with Crippen molar-refractivity contribution in [2.75, 3.05) is 5.32 Å². The van der Waals surface area contributed by atoms with E-state index in [1.54, 1.807) is 26.0 Å². The van der Waals surface area contributed by atoms with Gasteiger partial charge in [0.25, 0.3) is 5.56 Å². The number of hydrogen-bond acceptors (Lipinski definition) is 3. The number of nitrogens with zero attached hydrogens (tertiary/aromatic N) is 2. The maximum atomic E-state index is 13.3. The minimum atomic E-state index is -0.768. The molecule has 1 heterocycles. The first-order chi connectivity index (χ1) is 11.0. The number of aromatic nitrogens is 2. The predicted octanol–water partition coefficient (Wildman–Crippen LogP) is 2.38. The van der Waals surface area contributed by atoms with Crippen LogP contribution in [0, 0.1) is 12.7 Å². The van der Waals surface area contributed by atoms with Crippen molar-refractivity contribution in [1.82, 2.24) is 9.78 Å². The number of carbonyl (C=O) groups excluding carboxylic acids is 1. The molecular weight excluding hydrogens is 297 g/mol. The Bertz CT molecular complexity index is 829. The second kappa shape index (κ2) is 5.95. The molecule has 1 aliphatic carbocycles. The average molecular weight is 315 g/mol. The zero-order valence-corrected chi connectivity index (χ0v) is 13.1. The van der Waals surface area contributed by atoms with Crippen LogP contribution in [0.4, 0.5) is 10.1 Å². The molecule has 0 bridgehead atoms. The Morgan fingerprint density at radius 3 is 2.91 bits per heavy atom. The van der Waals surface area contributed by atoms with Gasteiger partial charge in [-0.1, -0.05) is 6.07 Å². The molecule has 5 nitrogen and oxygen atoms in total. The standard InChI is InChI=1S/C17H18FN3O2/c1-10-6-7-13(18)9-15(10)19-17(23)11(2)21-16(22)8-12-4-3-5-14(12)20-21/h6-9,11H,3-5H2,1-2H3,(H,19,23)/t11-/m0/s1. The average Bonchev–Trinajstić information content (AvgIpc) is 2.96. The largest absolute Gasteiger partial charge is 0.324 e. The number of hydrogen-bond donors (Lipinski definition) is 1. The number of aryl methyl sites for hydroxylation is 3. The highest BCUT2D eigenvalue weighted by Gasteiger charge is 2.21. The van der Waals surface area contributed by atoms with E-state index in [9.17, 15) is 14.0 Å². The second-order valence-corrected chi connectivity index (χ2v) is 5.88. The lowest BCUT2D eigenvalue weighted by Crippen LogP contribution is -2.34. The molecular formula is C17H18FN3O2. The molecule has 1 amide bonds. The van der Waals surface area contributed by atoms with E-state index in [0.717, 1.165) is 36.1 Å². The van der Waals surface area contributed by atoms with Crippen molar-refractivity contribution in [3.8, 4) is 0 Å². The maximum Gasteiger partial charge on any atom is 0.267 e. The molecule has 0 aliphatic heterocycles. The second-order valence-electron chi connectivity index (χ2n) is 5.88. The quantitative estimate of drug-likeness (QED) is 0.946. The van der Waals surface area contributed by atoms with Crippen LogP contribution >= 0.6 is 0 Å². The zero-order chi connectivity index (χ0) is 16.6. The van der Waals surface area contributed by atoms with Crippen LogP contribution in [0.5, 0.6) is 0 Å². The molecule has 1 aromatic heterocycles. The van der Waals surface area contributed by atoms with Crippen molar-refractivity contribution >= 4 is 11.6 Å². The van der Waals surface area contributed by atoms with Crippen LogP contribution in [0.3, 0.4) is 0 Å². The van der Waals surface area contributed by atoms with Crippen molar-refractivity contribution in [3.63, 3.8) is 0 Å². The molecule has 120 valence electrons. The van der Waals surface area contributed by atoms with Gasteiger partial charge in [-0.3, -0.25) is 9.59 Å². The molecule has 1 aromatic carbocycles. The Labute approximate surface area is 133 Å². The van der Waals surface area contributed by atoms with Crippen molar-refractivity contribution < 1.29 is 9.18 Å². The van der Waals surface area contributed by atoms with Gasteiger partial charge in [-0.15, -0.1) is 0 Å². The molecule has 0 radical (unpaired) electrons. The molecule has 0 saturated heterocycles. The molecule has 2 aromatic rings. The van der Waals surface area contributed by atoms with Crippen LogP contribution in [-0.2, 0) is 17.6 Å². The summed E-state index contributed by atoms with van der Waals surface area (Å²) in [5, 5.41) is 6.99. The van der Waals surface area contributed by atoms with Gasteiger partial charge in [0, 0.05) is 11.8 Å². The molecule has 1 N–H and O–H groups in total. The minimum Gasteiger partial charge on any atom is -0.324 e. The molecule has 1 aliphatic rings. The summed E-state index contributed by atoms with van der Waals surface area (Å²) < 4.78 is 14.5. The summed E-state index contributed by atoms with van der Waals surface area (Å²) >= 11 is 0. The summed E-state index contributed by atoms with van der Waals surface area (Å²) in [5.41, 5.74) is 2.72. The summed E-state index contributed by atoms with van der Waals surface area (Å²) in [7, 11) is 0. The third-order valence-corrected chi connectivity index (χ3v) is 4.19. The van der Waals surface area contributed by atoms with Crippen molar-refractivity contribution in [3.05, 3.63) is 57.3 Å². The lowest BCUT2D eigenvalue weighted by atomic mass is 10.2. The summed E-state index contributed by atoms with van der Waals surface area (Å²) in [5.74, 6) is -0.822. The van der Waals surface area contributed by atoms with Crippen LogP contribution in [0.15, 0.2) is 29.1 Å². The normalized spacial score (nSPS) is 14.4.